The molecule has 1 aliphatic heterocycles. The van der Waals surface area contributed by atoms with Gasteiger partial charge in [-0.05, 0) is 77.2 Å². The van der Waals surface area contributed by atoms with Gasteiger partial charge < -0.3 is 15.1 Å². The van der Waals surface area contributed by atoms with Crippen LogP contribution in [-0.4, -0.2) is 62.2 Å². The summed E-state index contributed by atoms with van der Waals surface area (Å²) in [5.74, 6) is 0.849. The van der Waals surface area contributed by atoms with Crippen molar-refractivity contribution < 1.29 is 0 Å². The third-order valence-electron chi connectivity index (χ3n) is 5.87. The van der Waals surface area contributed by atoms with Crippen LogP contribution in [0.25, 0.3) is 0 Å². The summed E-state index contributed by atoms with van der Waals surface area (Å²) >= 11 is 0. The maximum Gasteiger partial charge on any atom is 0.0159 e. The van der Waals surface area contributed by atoms with E-state index in [1.807, 2.05) is 0 Å². The van der Waals surface area contributed by atoms with E-state index in [0.29, 0.717) is 11.5 Å². The Morgan fingerprint density at radius 2 is 1.81 bits per heavy atom. The van der Waals surface area contributed by atoms with E-state index in [9.17, 15) is 0 Å². The van der Waals surface area contributed by atoms with Crippen LogP contribution < -0.4 is 5.32 Å². The fraction of sp³-hybridized carbons (Fsp3) is 1.00. The summed E-state index contributed by atoms with van der Waals surface area (Å²) in [6.07, 6.45) is 6.72. The lowest BCUT2D eigenvalue weighted by molar-refractivity contribution is 0.118. The second kappa shape index (κ2) is 7.43. The molecule has 0 radical (unpaired) electrons. The van der Waals surface area contributed by atoms with Crippen LogP contribution >= 0.6 is 0 Å². The standard InChI is InChI=1S/C18H37N3/c1-6-11-19-17-15(7-10-18(17,2)3)14-21-12-8-16(9-13-21)20(4)5/h15-17,19H,6-14H2,1-5H3. The predicted octanol–water partition coefficient (Wildman–Crippen LogP) is 2.82. The Labute approximate surface area is 132 Å². The molecule has 1 aliphatic carbocycles. The Morgan fingerprint density at radius 1 is 1.14 bits per heavy atom. The minimum absolute atomic E-state index is 0.474. The van der Waals surface area contributed by atoms with Gasteiger partial charge in [-0.25, -0.2) is 0 Å². The Balaban J connectivity index is 1.84. The van der Waals surface area contributed by atoms with Crippen molar-refractivity contribution in [3.63, 3.8) is 0 Å². The first-order chi connectivity index (χ1) is 9.94. The van der Waals surface area contributed by atoms with Crippen molar-refractivity contribution in [1.29, 1.82) is 0 Å². The maximum absolute atomic E-state index is 3.85. The van der Waals surface area contributed by atoms with Crippen molar-refractivity contribution >= 4 is 0 Å². The molecule has 0 aromatic rings. The largest absolute Gasteiger partial charge is 0.313 e. The van der Waals surface area contributed by atoms with Gasteiger partial charge in [-0.2, -0.15) is 0 Å². The third-order valence-corrected chi connectivity index (χ3v) is 5.87. The van der Waals surface area contributed by atoms with Gasteiger partial charge in [0.15, 0.2) is 0 Å². The van der Waals surface area contributed by atoms with Crippen molar-refractivity contribution in [2.24, 2.45) is 11.3 Å². The smallest absolute Gasteiger partial charge is 0.0159 e. The van der Waals surface area contributed by atoms with E-state index >= 15 is 0 Å². The zero-order valence-corrected chi connectivity index (χ0v) is 15.0. The third kappa shape index (κ3) is 4.43. The Hall–Kier alpha value is -0.120. The summed E-state index contributed by atoms with van der Waals surface area (Å²) in [7, 11) is 4.45. The molecular formula is C18H37N3. The first-order valence-corrected chi connectivity index (χ1v) is 9.06. The van der Waals surface area contributed by atoms with Crippen LogP contribution in [0, 0.1) is 11.3 Å². The molecule has 1 N–H and O–H groups in total. The van der Waals surface area contributed by atoms with Crippen LogP contribution in [-0.2, 0) is 0 Å². The fourth-order valence-corrected chi connectivity index (χ4v) is 4.41. The molecule has 1 saturated heterocycles. The molecule has 0 bridgehead atoms. The number of nitrogens with zero attached hydrogens (tertiary/aromatic N) is 2. The monoisotopic (exact) mass is 295 g/mol. The van der Waals surface area contributed by atoms with Crippen LogP contribution in [0.4, 0.5) is 0 Å². The molecule has 2 fully saturated rings. The molecule has 2 rings (SSSR count). The van der Waals surface area contributed by atoms with Gasteiger partial charge in [0.2, 0.25) is 0 Å². The highest BCUT2D eigenvalue weighted by atomic mass is 15.2. The van der Waals surface area contributed by atoms with Crippen molar-refractivity contribution in [3.05, 3.63) is 0 Å². The van der Waals surface area contributed by atoms with Crippen molar-refractivity contribution in [2.75, 3.05) is 40.3 Å². The molecule has 0 amide bonds. The highest BCUT2D eigenvalue weighted by Crippen LogP contribution is 2.41. The molecule has 0 aromatic heterocycles. The molecule has 1 heterocycles. The lowest BCUT2D eigenvalue weighted by Gasteiger charge is -2.38. The van der Waals surface area contributed by atoms with Crippen LogP contribution in [0.2, 0.25) is 0 Å². The van der Waals surface area contributed by atoms with E-state index < -0.39 is 0 Å². The minimum atomic E-state index is 0.474. The molecule has 3 heteroatoms. The second-order valence-corrected chi connectivity index (χ2v) is 8.21. The highest BCUT2D eigenvalue weighted by molar-refractivity contribution is 4.97. The summed E-state index contributed by atoms with van der Waals surface area (Å²) in [5, 5.41) is 3.85. The summed E-state index contributed by atoms with van der Waals surface area (Å²) in [6.45, 7) is 12.3. The molecule has 0 spiro atoms. The predicted molar refractivity (Wildman–Crippen MR) is 91.7 cm³/mol. The quantitative estimate of drug-likeness (QED) is 0.813. The molecular weight excluding hydrogens is 258 g/mol. The van der Waals surface area contributed by atoms with Crippen LogP contribution in [0.1, 0.15) is 52.9 Å². The molecule has 0 aromatic carbocycles. The molecule has 3 nitrogen and oxygen atoms in total. The van der Waals surface area contributed by atoms with Gasteiger partial charge in [0.1, 0.15) is 0 Å². The highest BCUT2D eigenvalue weighted by Gasteiger charge is 2.42. The van der Waals surface area contributed by atoms with Gasteiger partial charge in [0, 0.05) is 18.6 Å². The van der Waals surface area contributed by atoms with E-state index in [2.05, 4.69) is 50.0 Å². The number of rotatable bonds is 6. The van der Waals surface area contributed by atoms with Gasteiger partial charge in [-0.1, -0.05) is 20.8 Å². The average molecular weight is 296 g/mol. The molecule has 2 unspecified atom stereocenters. The second-order valence-electron chi connectivity index (χ2n) is 8.21. The SMILES string of the molecule is CCCNC1C(CN2CCC(N(C)C)CC2)CCC1(C)C. The van der Waals surface area contributed by atoms with Gasteiger partial charge in [-0.3, -0.25) is 0 Å². The van der Waals surface area contributed by atoms with E-state index in [1.165, 1.54) is 58.3 Å². The number of likely N-dealkylation sites (tertiary alicyclic amines) is 1. The fourth-order valence-electron chi connectivity index (χ4n) is 4.41. The molecule has 124 valence electrons. The van der Waals surface area contributed by atoms with Gasteiger partial charge in [-0.15, -0.1) is 0 Å². The molecule has 21 heavy (non-hydrogen) atoms. The van der Waals surface area contributed by atoms with Gasteiger partial charge in [0.05, 0.1) is 0 Å². The lowest BCUT2D eigenvalue weighted by Crippen LogP contribution is -2.48. The number of hydrogen-bond acceptors (Lipinski definition) is 3. The van der Waals surface area contributed by atoms with Crippen LogP contribution in [0.15, 0.2) is 0 Å². The normalized spacial score (nSPS) is 31.1. The van der Waals surface area contributed by atoms with E-state index in [-0.39, 0.29) is 0 Å². The Bertz CT molecular complexity index is 306. The zero-order chi connectivity index (χ0) is 15.5. The Kier molecular flexibility index (Phi) is 6.10. The van der Waals surface area contributed by atoms with E-state index in [4.69, 9.17) is 0 Å². The lowest BCUT2D eigenvalue weighted by atomic mass is 9.84. The molecule has 2 atom stereocenters. The van der Waals surface area contributed by atoms with E-state index in [1.54, 1.807) is 0 Å². The topological polar surface area (TPSA) is 18.5 Å². The summed E-state index contributed by atoms with van der Waals surface area (Å²) in [6, 6.07) is 1.51. The zero-order valence-electron chi connectivity index (χ0n) is 15.0. The number of hydrogen-bond donors (Lipinski definition) is 1. The van der Waals surface area contributed by atoms with Crippen LogP contribution in [0.5, 0.6) is 0 Å². The van der Waals surface area contributed by atoms with Crippen molar-refractivity contribution in [1.82, 2.24) is 15.1 Å². The summed E-state index contributed by atoms with van der Waals surface area (Å²) in [5.41, 5.74) is 0.474. The Morgan fingerprint density at radius 3 is 2.38 bits per heavy atom. The van der Waals surface area contributed by atoms with Crippen molar-refractivity contribution in [3.8, 4) is 0 Å². The first-order valence-electron chi connectivity index (χ1n) is 9.06. The minimum Gasteiger partial charge on any atom is -0.313 e. The van der Waals surface area contributed by atoms with Gasteiger partial charge in [0.25, 0.3) is 0 Å². The first kappa shape index (κ1) is 17.2. The number of nitrogens with one attached hydrogen (secondary N) is 1. The summed E-state index contributed by atoms with van der Waals surface area (Å²) < 4.78 is 0. The summed E-state index contributed by atoms with van der Waals surface area (Å²) in [4.78, 5) is 5.13. The van der Waals surface area contributed by atoms with Gasteiger partial charge >= 0.3 is 0 Å². The van der Waals surface area contributed by atoms with E-state index in [0.717, 1.165) is 12.0 Å². The number of piperidine rings is 1. The molecule has 2 aliphatic rings. The average Bonchev–Trinajstić information content (AvgIpc) is 2.72. The van der Waals surface area contributed by atoms with Crippen molar-refractivity contribution in [2.45, 2.75) is 65.0 Å². The van der Waals surface area contributed by atoms with Crippen LogP contribution in [0.3, 0.4) is 0 Å². The maximum atomic E-state index is 3.85. The molecule has 1 saturated carbocycles.